The number of urea groups is 1. The molecule has 0 saturated heterocycles. The van der Waals surface area contributed by atoms with Gasteiger partial charge < -0.3 is 19.5 Å². The van der Waals surface area contributed by atoms with Crippen LogP contribution in [0.4, 0.5) is 4.79 Å². The fraction of sp³-hybridized carbons (Fsp3) is 0.667. The van der Waals surface area contributed by atoms with E-state index in [4.69, 9.17) is 4.74 Å². The molecule has 0 fully saturated rings. The smallest absolute Gasteiger partial charge is 0.328 e. The van der Waals surface area contributed by atoms with Crippen LogP contribution in [0, 0.1) is 5.92 Å². The fourth-order valence-electron chi connectivity index (χ4n) is 2.52. The Hall–Kier alpha value is -2.05. The van der Waals surface area contributed by atoms with Gasteiger partial charge in [0.05, 0.1) is 13.2 Å². The highest BCUT2D eigenvalue weighted by atomic mass is 16.5. The lowest BCUT2D eigenvalue weighted by molar-refractivity contribution is -0.145. The van der Waals surface area contributed by atoms with Gasteiger partial charge in [-0.3, -0.25) is 0 Å². The quantitative estimate of drug-likeness (QED) is 0.834. The van der Waals surface area contributed by atoms with Crippen molar-refractivity contribution in [3.05, 3.63) is 18.2 Å². The number of imidazole rings is 1. The first-order valence-electron chi connectivity index (χ1n) is 7.73. The van der Waals surface area contributed by atoms with Crippen molar-refractivity contribution in [1.29, 1.82) is 0 Å². The maximum Gasteiger partial charge on any atom is 0.328 e. The zero-order valence-electron chi connectivity index (χ0n) is 13.4. The van der Waals surface area contributed by atoms with Gasteiger partial charge in [-0.1, -0.05) is 13.8 Å². The van der Waals surface area contributed by atoms with E-state index in [0.29, 0.717) is 26.1 Å². The number of nitrogens with zero attached hydrogens (tertiary/aromatic N) is 3. The van der Waals surface area contributed by atoms with E-state index in [1.54, 1.807) is 18.0 Å². The minimum Gasteiger partial charge on any atom is -0.464 e. The Bertz CT molecular complexity index is 527. The lowest BCUT2D eigenvalue weighted by Crippen LogP contribution is -2.50. The second-order valence-electron chi connectivity index (χ2n) is 5.84. The van der Waals surface area contributed by atoms with Gasteiger partial charge in [-0.2, -0.15) is 0 Å². The van der Waals surface area contributed by atoms with Gasteiger partial charge in [-0.25, -0.2) is 14.6 Å². The van der Waals surface area contributed by atoms with Gasteiger partial charge in [-0.05, 0) is 19.3 Å². The summed E-state index contributed by atoms with van der Waals surface area (Å²) in [6, 6.07) is -0.845. The molecule has 2 rings (SSSR count). The molecule has 1 aliphatic rings. The number of hydrogen-bond donors (Lipinski definition) is 1. The molecular weight excluding hydrogens is 284 g/mol. The number of rotatable bonds is 5. The van der Waals surface area contributed by atoms with Crippen LogP contribution < -0.4 is 5.32 Å². The van der Waals surface area contributed by atoms with Gasteiger partial charge in [0.25, 0.3) is 0 Å². The molecule has 1 aliphatic heterocycles. The van der Waals surface area contributed by atoms with Crippen LogP contribution in [0.15, 0.2) is 12.4 Å². The lowest BCUT2D eigenvalue weighted by atomic mass is 10.0. The molecule has 2 heterocycles. The van der Waals surface area contributed by atoms with Crippen molar-refractivity contribution in [3.63, 3.8) is 0 Å². The Balaban J connectivity index is 1.97. The summed E-state index contributed by atoms with van der Waals surface area (Å²) in [5.74, 6) is 0.774. The summed E-state index contributed by atoms with van der Waals surface area (Å²) in [5.41, 5.74) is 0. The molecule has 1 aromatic heterocycles. The maximum atomic E-state index is 12.4. The zero-order valence-corrected chi connectivity index (χ0v) is 13.4. The highest BCUT2D eigenvalue weighted by molar-refractivity contribution is 5.83. The van der Waals surface area contributed by atoms with E-state index in [9.17, 15) is 9.59 Å². The molecule has 2 amide bonds. The van der Waals surface area contributed by atoms with Crippen LogP contribution in [0.3, 0.4) is 0 Å². The number of carbonyl (C=O) groups is 2. The van der Waals surface area contributed by atoms with Gasteiger partial charge in [0.1, 0.15) is 11.9 Å². The van der Waals surface area contributed by atoms with Crippen LogP contribution in [0.5, 0.6) is 0 Å². The second-order valence-corrected chi connectivity index (χ2v) is 5.84. The van der Waals surface area contributed by atoms with Crippen molar-refractivity contribution < 1.29 is 14.3 Å². The van der Waals surface area contributed by atoms with Gasteiger partial charge >= 0.3 is 12.0 Å². The Kier molecular flexibility index (Phi) is 5.41. The lowest BCUT2D eigenvalue weighted by Gasteiger charge is -2.29. The van der Waals surface area contributed by atoms with E-state index in [0.717, 1.165) is 12.4 Å². The molecule has 0 radical (unpaired) electrons. The van der Waals surface area contributed by atoms with Crippen LogP contribution in [0.2, 0.25) is 0 Å². The van der Waals surface area contributed by atoms with Crippen LogP contribution in [-0.2, 0) is 22.6 Å². The van der Waals surface area contributed by atoms with Gasteiger partial charge in [0.15, 0.2) is 0 Å². The highest BCUT2D eigenvalue weighted by Gasteiger charge is 2.27. The average Bonchev–Trinajstić information content (AvgIpc) is 2.93. The van der Waals surface area contributed by atoms with Crippen molar-refractivity contribution in [2.24, 2.45) is 5.92 Å². The fourth-order valence-corrected chi connectivity index (χ4v) is 2.52. The third kappa shape index (κ3) is 3.99. The summed E-state index contributed by atoms with van der Waals surface area (Å²) in [4.78, 5) is 30.3. The van der Waals surface area contributed by atoms with E-state index in [-0.39, 0.29) is 17.9 Å². The molecule has 0 bridgehead atoms. The number of nitrogens with one attached hydrogen (secondary N) is 1. The average molecular weight is 308 g/mol. The van der Waals surface area contributed by atoms with Crippen molar-refractivity contribution in [2.75, 3.05) is 13.2 Å². The minimum atomic E-state index is -0.603. The number of hydrogen-bond acceptors (Lipinski definition) is 4. The minimum absolute atomic E-state index is 0.243. The largest absolute Gasteiger partial charge is 0.464 e. The van der Waals surface area contributed by atoms with E-state index < -0.39 is 6.04 Å². The summed E-state index contributed by atoms with van der Waals surface area (Å²) >= 11 is 0. The van der Waals surface area contributed by atoms with E-state index in [1.807, 2.05) is 24.6 Å². The zero-order chi connectivity index (χ0) is 16.1. The molecule has 22 heavy (non-hydrogen) atoms. The van der Waals surface area contributed by atoms with Crippen molar-refractivity contribution in [3.8, 4) is 0 Å². The maximum absolute atomic E-state index is 12.4. The van der Waals surface area contributed by atoms with Crippen LogP contribution in [0.1, 0.15) is 33.0 Å². The topological polar surface area (TPSA) is 76.5 Å². The third-order valence-electron chi connectivity index (χ3n) is 3.61. The second kappa shape index (κ2) is 7.29. The third-order valence-corrected chi connectivity index (χ3v) is 3.61. The van der Waals surface area contributed by atoms with Gasteiger partial charge in [0.2, 0.25) is 0 Å². The first-order chi connectivity index (χ1) is 10.5. The molecule has 0 aliphatic carbocycles. The molecule has 0 spiro atoms. The molecule has 1 atom stereocenters. The van der Waals surface area contributed by atoms with E-state index >= 15 is 0 Å². The highest BCUT2D eigenvalue weighted by Crippen LogP contribution is 2.12. The van der Waals surface area contributed by atoms with Crippen LogP contribution in [-0.4, -0.2) is 45.6 Å². The molecule has 0 unspecified atom stereocenters. The Morgan fingerprint density at radius 3 is 2.86 bits per heavy atom. The predicted molar refractivity (Wildman–Crippen MR) is 81.0 cm³/mol. The standard InChI is InChI=1S/C15H24N4O3/c1-4-22-14(20)12(9-11(2)3)17-15(21)19-8-7-18-6-5-16-13(18)10-19/h5-6,11-12H,4,7-10H2,1-3H3,(H,17,21)/t12-/m0/s1. The number of aromatic nitrogens is 2. The van der Waals surface area contributed by atoms with Gasteiger partial charge in [0, 0.05) is 25.5 Å². The molecule has 1 N–H and O–H groups in total. The molecule has 0 aromatic carbocycles. The molecule has 1 aromatic rings. The number of fused-ring (bicyclic) bond motifs is 1. The van der Waals surface area contributed by atoms with Crippen LogP contribution >= 0.6 is 0 Å². The first-order valence-corrected chi connectivity index (χ1v) is 7.73. The van der Waals surface area contributed by atoms with E-state index in [1.165, 1.54) is 0 Å². The molecular formula is C15H24N4O3. The van der Waals surface area contributed by atoms with Crippen molar-refractivity contribution >= 4 is 12.0 Å². The number of esters is 1. The Morgan fingerprint density at radius 1 is 1.41 bits per heavy atom. The van der Waals surface area contributed by atoms with Crippen molar-refractivity contribution in [2.45, 2.75) is 46.3 Å². The summed E-state index contributed by atoms with van der Waals surface area (Å²) in [7, 11) is 0. The van der Waals surface area contributed by atoms with E-state index in [2.05, 4.69) is 10.3 Å². The molecule has 7 nitrogen and oxygen atoms in total. The predicted octanol–water partition coefficient (Wildman–Crippen LogP) is 1.39. The Morgan fingerprint density at radius 2 is 2.18 bits per heavy atom. The van der Waals surface area contributed by atoms with Crippen molar-refractivity contribution in [1.82, 2.24) is 19.8 Å². The number of ether oxygens (including phenoxy) is 1. The summed E-state index contributed by atoms with van der Waals surface area (Å²) in [6.07, 6.45) is 4.20. The molecule has 0 saturated carbocycles. The summed E-state index contributed by atoms with van der Waals surface area (Å²) in [5, 5.41) is 2.80. The molecule has 7 heteroatoms. The molecule has 122 valence electrons. The SMILES string of the molecule is CCOC(=O)[C@H](CC(C)C)NC(=O)N1CCn2ccnc2C1. The number of amides is 2. The summed E-state index contributed by atoms with van der Waals surface area (Å²) < 4.78 is 7.08. The Labute approximate surface area is 130 Å². The number of carbonyl (C=O) groups excluding carboxylic acids is 2. The van der Waals surface area contributed by atoms with Crippen LogP contribution in [0.25, 0.3) is 0 Å². The van der Waals surface area contributed by atoms with Gasteiger partial charge in [-0.15, -0.1) is 0 Å². The normalized spacial score (nSPS) is 15.4. The summed E-state index contributed by atoms with van der Waals surface area (Å²) in [6.45, 7) is 7.87. The first kappa shape index (κ1) is 16.3. The monoisotopic (exact) mass is 308 g/mol.